The highest BCUT2D eigenvalue weighted by Gasteiger charge is 2.14. The van der Waals surface area contributed by atoms with Crippen molar-refractivity contribution < 1.29 is 53.0 Å². The molecule has 2 N–H and O–H groups in total. The SMILES string of the molecule is CCc1ccc(C(=O)/C=C/c2cc(OC)c(OC)c(OC)c2)c(O)c1.CCc1ccc(C(C)=O)c(O)c1.COc1cc(C=O)cc(OC)c1OC. The van der Waals surface area contributed by atoms with Gasteiger partial charge in [-0.05, 0) is 91.1 Å². The monoisotopic (exact) mass is 702 g/mol. The van der Waals surface area contributed by atoms with Gasteiger partial charge in [0, 0.05) is 5.56 Å². The molecule has 0 radical (unpaired) electrons. The van der Waals surface area contributed by atoms with Crippen LogP contribution in [-0.2, 0) is 12.8 Å². The summed E-state index contributed by atoms with van der Waals surface area (Å²) in [6, 6.07) is 16.9. The van der Waals surface area contributed by atoms with E-state index in [4.69, 9.17) is 28.4 Å². The van der Waals surface area contributed by atoms with Gasteiger partial charge in [-0.25, -0.2) is 0 Å². The number of ketones is 2. The number of allylic oxidation sites excluding steroid dienone is 1. The molecule has 0 aromatic heterocycles. The van der Waals surface area contributed by atoms with Crippen LogP contribution in [0.15, 0.2) is 66.7 Å². The van der Waals surface area contributed by atoms with Gasteiger partial charge in [0.1, 0.15) is 17.8 Å². The number of carbonyl (C=O) groups excluding carboxylic acids is 3. The predicted molar refractivity (Wildman–Crippen MR) is 196 cm³/mol. The first-order chi connectivity index (χ1) is 24.4. The standard InChI is InChI=1S/C20H22O5.C10H12O4.C10H12O2/c1-5-13-6-8-15(17(22)10-13)16(21)9-7-14-11-18(23-2)20(25-4)19(12-14)24-3;1-12-8-4-7(6-11)5-9(13-2)10(8)14-3;1-3-8-4-5-9(7(2)11)10(12)6-8/h6-12,22H,5H2,1-4H3;4-6H,1-3H3;4-6,12H,3H2,1-2H3/b9-7+;;. The number of rotatable bonds is 13. The maximum atomic E-state index is 12.3. The van der Waals surface area contributed by atoms with Crippen LogP contribution >= 0.6 is 0 Å². The van der Waals surface area contributed by atoms with Gasteiger partial charge in [-0.1, -0.05) is 32.1 Å². The van der Waals surface area contributed by atoms with Crippen molar-refractivity contribution in [2.75, 3.05) is 42.7 Å². The van der Waals surface area contributed by atoms with E-state index >= 15 is 0 Å². The summed E-state index contributed by atoms with van der Waals surface area (Å²) in [6.45, 7) is 5.43. The largest absolute Gasteiger partial charge is 0.507 e. The number of carbonyl (C=O) groups is 3. The quantitative estimate of drug-likeness (QED) is 0.0808. The van der Waals surface area contributed by atoms with Crippen molar-refractivity contribution in [1.29, 1.82) is 0 Å². The van der Waals surface area contributed by atoms with Crippen molar-refractivity contribution in [1.82, 2.24) is 0 Å². The number of aryl methyl sites for hydroxylation is 2. The number of phenols is 2. The number of hydrogen-bond acceptors (Lipinski definition) is 11. The Morgan fingerprint density at radius 1 is 0.588 bits per heavy atom. The molecule has 0 amide bonds. The Labute approximate surface area is 299 Å². The van der Waals surface area contributed by atoms with E-state index in [1.807, 2.05) is 26.0 Å². The van der Waals surface area contributed by atoms with E-state index in [-0.39, 0.29) is 28.6 Å². The third-order valence-corrected chi connectivity index (χ3v) is 7.52. The summed E-state index contributed by atoms with van der Waals surface area (Å²) in [7, 11) is 9.12. The minimum Gasteiger partial charge on any atom is -0.507 e. The lowest BCUT2D eigenvalue weighted by Gasteiger charge is -2.12. The zero-order valence-corrected chi connectivity index (χ0v) is 30.5. The summed E-state index contributed by atoms with van der Waals surface area (Å²) in [5, 5.41) is 19.4. The lowest BCUT2D eigenvalue weighted by molar-refractivity contribution is 0.101. The molecule has 4 aromatic carbocycles. The fraction of sp³-hybridized carbons (Fsp3) is 0.275. The van der Waals surface area contributed by atoms with E-state index in [0.717, 1.165) is 30.3 Å². The first-order valence-corrected chi connectivity index (χ1v) is 15.9. The highest BCUT2D eigenvalue weighted by Crippen LogP contribution is 2.39. The number of benzene rings is 4. The van der Waals surface area contributed by atoms with Crippen LogP contribution in [0.2, 0.25) is 0 Å². The second-order valence-corrected chi connectivity index (χ2v) is 10.7. The normalized spacial score (nSPS) is 10.1. The molecule has 0 saturated carbocycles. The molecule has 0 saturated heterocycles. The lowest BCUT2D eigenvalue weighted by Crippen LogP contribution is -1.97. The number of aldehydes is 1. The van der Waals surface area contributed by atoms with Gasteiger partial charge in [0.25, 0.3) is 0 Å². The van der Waals surface area contributed by atoms with Gasteiger partial charge < -0.3 is 38.6 Å². The Balaban J connectivity index is 0.000000292. The van der Waals surface area contributed by atoms with Gasteiger partial charge in [0.2, 0.25) is 11.5 Å². The minimum absolute atomic E-state index is 0.0149. The van der Waals surface area contributed by atoms with E-state index < -0.39 is 0 Å². The molecule has 11 heteroatoms. The number of hydrogen-bond donors (Lipinski definition) is 2. The first kappa shape index (κ1) is 41.2. The average Bonchev–Trinajstić information content (AvgIpc) is 3.15. The molecule has 0 aliphatic carbocycles. The lowest BCUT2D eigenvalue weighted by atomic mass is 10.0. The fourth-order valence-corrected chi connectivity index (χ4v) is 4.73. The van der Waals surface area contributed by atoms with Gasteiger partial charge in [-0.2, -0.15) is 0 Å². The van der Waals surface area contributed by atoms with Crippen LogP contribution in [0.5, 0.6) is 46.0 Å². The third kappa shape index (κ3) is 11.3. The maximum Gasteiger partial charge on any atom is 0.203 e. The number of ether oxygens (including phenoxy) is 6. The third-order valence-electron chi connectivity index (χ3n) is 7.52. The van der Waals surface area contributed by atoms with Crippen molar-refractivity contribution >= 4 is 23.9 Å². The molecule has 0 atom stereocenters. The fourth-order valence-electron chi connectivity index (χ4n) is 4.73. The zero-order valence-electron chi connectivity index (χ0n) is 30.5. The average molecular weight is 703 g/mol. The molecule has 272 valence electrons. The molecule has 0 fully saturated rings. The Bertz CT molecular complexity index is 1780. The molecule has 0 aliphatic rings. The number of phenolic OH excluding ortho intramolecular Hbond substituents is 2. The Morgan fingerprint density at radius 2 is 0.980 bits per heavy atom. The summed E-state index contributed by atoms with van der Waals surface area (Å²) >= 11 is 0. The highest BCUT2D eigenvalue weighted by atomic mass is 16.5. The number of aromatic hydroxyl groups is 2. The second-order valence-electron chi connectivity index (χ2n) is 10.7. The van der Waals surface area contributed by atoms with Gasteiger partial charge >= 0.3 is 0 Å². The molecule has 0 aliphatic heterocycles. The van der Waals surface area contributed by atoms with E-state index in [2.05, 4.69) is 0 Å². The zero-order chi connectivity index (χ0) is 38.1. The molecule has 0 heterocycles. The van der Waals surface area contributed by atoms with Gasteiger partial charge in [-0.3, -0.25) is 14.4 Å². The summed E-state index contributed by atoms with van der Waals surface area (Å²) in [5.74, 6) is 2.63. The van der Waals surface area contributed by atoms with Gasteiger partial charge in [0.05, 0.1) is 53.8 Å². The van der Waals surface area contributed by atoms with Crippen molar-refractivity contribution in [2.45, 2.75) is 33.6 Å². The highest BCUT2D eigenvalue weighted by molar-refractivity contribution is 6.08. The van der Waals surface area contributed by atoms with E-state index in [1.165, 1.54) is 55.7 Å². The van der Waals surface area contributed by atoms with Crippen molar-refractivity contribution in [2.24, 2.45) is 0 Å². The molecule has 0 spiro atoms. The maximum absolute atomic E-state index is 12.3. The van der Waals surface area contributed by atoms with Crippen LogP contribution in [0, 0.1) is 0 Å². The van der Waals surface area contributed by atoms with E-state index in [0.29, 0.717) is 51.2 Å². The van der Waals surface area contributed by atoms with Crippen LogP contribution in [0.4, 0.5) is 0 Å². The van der Waals surface area contributed by atoms with Crippen molar-refractivity contribution in [3.05, 3.63) is 100 Å². The Kier molecular flexibility index (Phi) is 16.6. The summed E-state index contributed by atoms with van der Waals surface area (Å²) in [5.41, 5.74) is 3.88. The molecule has 4 rings (SSSR count). The van der Waals surface area contributed by atoms with E-state index in [9.17, 15) is 24.6 Å². The molecular formula is C40H46O11. The van der Waals surface area contributed by atoms with Crippen LogP contribution in [0.25, 0.3) is 6.08 Å². The van der Waals surface area contributed by atoms with E-state index in [1.54, 1.807) is 54.6 Å². The molecule has 0 unspecified atom stereocenters. The molecule has 51 heavy (non-hydrogen) atoms. The number of Topliss-reactive ketones (excluding diaryl/α,β-unsaturated/α-hetero) is 1. The van der Waals surface area contributed by atoms with Crippen LogP contribution < -0.4 is 28.4 Å². The Morgan fingerprint density at radius 3 is 1.29 bits per heavy atom. The molecule has 11 nitrogen and oxygen atoms in total. The smallest absolute Gasteiger partial charge is 0.203 e. The molecule has 0 bridgehead atoms. The van der Waals surface area contributed by atoms with Crippen LogP contribution in [0.3, 0.4) is 0 Å². The predicted octanol–water partition coefficient (Wildman–Crippen LogP) is 7.56. The molecule has 4 aromatic rings. The van der Waals surface area contributed by atoms with Crippen molar-refractivity contribution in [3.8, 4) is 46.0 Å². The number of methoxy groups -OCH3 is 6. The summed E-state index contributed by atoms with van der Waals surface area (Å²) in [6.07, 6.45) is 5.43. The van der Waals surface area contributed by atoms with Crippen molar-refractivity contribution in [3.63, 3.8) is 0 Å². The summed E-state index contributed by atoms with van der Waals surface area (Å²) < 4.78 is 31.1. The Hall–Kier alpha value is -5.97. The van der Waals surface area contributed by atoms with Gasteiger partial charge in [0.15, 0.2) is 34.6 Å². The molecular weight excluding hydrogens is 656 g/mol. The van der Waals surface area contributed by atoms with Crippen LogP contribution in [0.1, 0.15) is 68.5 Å². The summed E-state index contributed by atoms with van der Waals surface area (Å²) in [4.78, 5) is 33.8. The minimum atomic E-state index is -0.283. The topological polar surface area (TPSA) is 147 Å². The second kappa shape index (κ2) is 20.5. The first-order valence-electron chi connectivity index (χ1n) is 15.9. The van der Waals surface area contributed by atoms with Gasteiger partial charge in [-0.15, -0.1) is 0 Å². The van der Waals surface area contributed by atoms with Crippen LogP contribution in [-0.4, -0.2) is 70.7 Å².